The lowest BCUT2D eigenvalue weighted by Crippen LogP contribution is -2.30. The van der Waals surface area contributed by atoms with Gasteiger partial charge in [-0.25, -0.2) is 0 Å². The van der Waals surface area contributed by atoms with E-state index in [0.29, 0.717) is 12.8 Å². The van der Waals surface area contributed by atoms with Crippen molar-refractivity contribution >= 4 is 17.9 Å². The molecule has 0 radical (unpaired) electrons. The lowest BCUT2D eigenvalue weighted by atomic mass is 10.1. The Balaban J connectivity index is 4.65. The third-order valence-corrected chi connectivity index (χ3v) is 9.26. The normalized spacial score (nSPS) is 13.3. The Labute approximate surface area is 373 Å². The van der Waals surface area contributed by atoms with Crippen molar-refractivity contribution in [1.82, 2.24) is 0 Å². The van der Waals surface area contributed by atoms with Crippen LogP contribution < -0.4 is 0 Å². The number of esters is 3. The lowest BCUT2D eigenvalue weighted by Gasteiger charge is -2.18. The summed E-state index contributed by atoms with van der Waals surface area (Å²) in [5.41, 5.74) is 0. The first-order valence-electron chi connectivity index (χ1n) is 23.8. The van der Waals surface area contributed by atoms with Crippen LogP contribution in [0.3, 0.4) is 0 Å². The zero-order valence-electron chi connectivity index (χ0n) is 38.6. The third kappa shape index (κ3) is 46.5. The van der Waals surface area contributed by atoms with E-state index in [1.165, 1.54) is 44.9 Å². The quantitative estimate of drug-likeness (QED) is 0.0201. The fraction of sp³-hybridized carbons (Fsp3) is 0.545. The zero-order valence-corrected chi connectivity index (χ0v) is 38.6. The van der Waals surface area contributed by atoms with Crippen LogP contribution in [0.1, 0.15) is 175 Å². The number of hydrogen-bond donors (Lipinski definition) is 0. The SMILES string of the molecule is CC/C=C/C=C/C=C/C=C/C=C/CCCC(=O)OCC(COC(=O)CC/C=C/C/C=C/C/C=C/C/C=C/C/C=C/CC)OC(=O)CCCCC/C=C/CCCCCCCCC. The van der Waals surface area contributed by atoms with Gasteiger partial charge >= 0.3 is 17.9 Å². The molecule has 0 amide bonds. The number of carbonyl (C=O) groups excluding carboxylic acids is 3. The predicted octanol–water partition coefficient (Wildman–Crippen LogP) is 15.5. The van der Waals surface area contributed by atoms with Crippen LogP contribution in [-0.2, 0) is 28.6 Å². The van der Waals surface area contributed by atoms with Crippen LogP contribution in [0.25, 0.3) is 0 Å². The first-order valence-corrected chi connectivity index (χ1v) is 23.8. The molecule has 0 aliphatic carbocycles. The summed E-state index contributed by atoms with van der Waals surface area (Å²) >= 11 is 0. The fourth-order valence-electron chi connectivity index (χ4n) is 5.75. The highest BCUT2D eigenvalue weighted by molar-refractivity contribution is 5.71. The Bertz CT molecular complexity index is 1380. The summed E-state index contributed by atoms with van der Waals surface area (Å²) in [6.07, 6.45) is 67.4. The highest BCUT2D eigenvalue weighted by atomic mass is 16.6. The molecule has 0 saturated heterocycles. The monoisotopic (exact) mass is 841 g/mol. The first-order chi connectivity index (χ1) is 30.0. The van der Waals surface area contributed by atoms with E-state index in [1.54, 1.807) is 0 Å². The third-order valence-electron chi connectivity index (χ3n) is 9.26. The molecule has 0 heterocycles. The van der Waals surface area contributed by atoms with Crippen molar-refractivity contribution in [2.24, 2.45) is 0 Å². The molecule has 0 bridgehead atoms. The molecule has 0 rings (SSSR count). The van der Waals surface area contributed by atoms with Crippen LogP contribution in [0, 0.1) is 0 Å². The second-order valence-corrected chi connectivity index (χ2v) is 15.0. The molecule has 0 fully saturated rings. The molecular weight excluding hydrogens is 757 g/mol. The van der Waals surface area contributed by atoms with E-state index in [9.17, 15) is 14.4 Å². The predicted molar refractivity (Wildman–Crippen MR) is 260 cm³/mol. The smallest absolute Gasteiger partial charge is 0.306 e. The minimum atomic E-state index is -0.848. The van der Waals surface area contributed by atoms with E-state index in [2.05, 4.69) is 87.6 Å². The molecule has 340 valence electrons. The molecule has 0 saturated carbocycles. The van der Waals surface area contributed by atoms with Crippen molar-refractivity contribution in [3.8, 4) is 0 Å². The van der Waals surface area contributed by atoms with Gasteiger partial charge in [-0.05, 0) is 89.9 Å². The molecular formula is C55H84O6. The molecule has 0 N–H and O–H groups in total. The van der Waals surface area contributed by atoms with Crippen LogP contribution >= 0.6 is 0 Å². The molecule has 0 aromatic heterocycles. The average Bonchev–Trinajstić information content (AvgIpc) is 3.26. The van der Waals surface area contributed by atoms with Crippen LogP contribution in [-0.4, -0.2) is 37.2 Å². The summed E-state index contributed by atoms with van der Waals surface area (Å²) in [5.74, 6) is -1.13. The minimum Gasteiger partial charge on any atom is -0.462 e. The van der Waals surface area contributed by atoms with Crippen LogP contribution in [0.15, 0.2) is 134 Å². The Hall–Kier alpha value is -4.45. The summed E-state index contributed by atoms with van der Waals surface area (Å²) in [4.78, 5) is 37.8. The number of ether oxygens (including phenoxy) is 3. The van der Waals surface area contributed by atoms with Crippen molar-refractivity contribution in [2.45, 2.75) is 181 Å². The molecule has 0 aliphatic heterocycles. The zero-order chi connectivity index (χ0) is 44.4. The van der Waals surface area contributed by atoms with Gasteiger partial charge in [-0.1, -0.05) is 199 Å². The van der Waals surface area contributed by atoms with Gasteiger partial charge in [-0.2, -0.15) is 0 Å². The summed E-state index contributed by atoms with van der Waals surface area (Å²) in [7, 11) is 0. The summed E-state index contributed by atoms with van der Waals surface area (Å²) in [6, 6.07) is 0. The maximum Gasteiger partial charge on any atom is 0.306 e. The minimum absolute atomic E-state index is 0.149. The molecule has 0 aromatic carbocycles. The van der Waals surface area contributed by atoms with Crippen molar-refractivity contribution in [2.75, 3.05) is 13.2 Å². The number of allylic oxidation sites excluding steroid dienone is 22. The summed E-state index contributed by atoms with van der Waals surface area (Å²) in [5, 5.41) is 0. The first kappa shape index (κ1) is 56.5. The molecule has 1 atom stereocenters. The fourth-order valence-corrected chi connectivity index (χ4v) is 5.75. The van der Waals surface area contributed by atoms with Gasteiger partial charge in [0.05, 0.1) is 0 Å². The van der Waals surface area contributed by atoms with Crippen LogP contribution in [0.2, 0.25) is 0 Å². The summed E-state index contributed by atoms with van der Waals surface area (Å²) in [6.45, 7) is 6.19. The number of hydrogen-bond acceptors (Lipinski definition) is 6. The van der Waals surface area contributed by atoms with Crippen LogP contribution in [0.5, 0.6) is 0 Å². The number of unbranched alkanes of at least 4 members (excludes halogenated alkanes) is 11. The van der Waals surface area contributed by atoms with E-state index >= 15 is 0 Å². The molecule has 0 spiro atoms. The maximum atomic E-state index is 12.7. The Kier molecular flexibility index (Phi) is 44.7. The van der Waals surface area contributed by atoms with Crippen molar-refractivity contribution in [3.63, 3.8) is 0 Å². The lowest BCUT2D eigenvalue weighted by molar-refractivity contribution is -0.166. The molecule has 1 unspecified atom stereocenters. The van der Waals surface area contributed by atoms with Gasteiger partial charge in [-0.3, -0.25) is 14.4 Å². The maximum absolute atomic E-state index is 12.7. The van der Waals surface area contributed by atoms with Crippen LogP contribution in [0.4, 0.5) is 0 Å². The highest BCUT2D eigenvalue weighted by Gasteiger charge is 2.19. The molecule has 0 aromatic rings. The molecule has 61 heavy (non-hydrogen) atoms. The second-order valence-electron chi connectivity index (χ2n) is 15.0. The molecule has 6 heteroatoms. The Morgan fingerprint density at radius 2 is 0.770 bits per heavy atom. The van der Waals surface area contributed by atoms with E-state index in [0.717, 1.165) is 77.0 Å². The van der Waals surface area contributed by atoms with Gasteiger partial charge in [0.15, 0.2) is 6.10 Å². The van der Waals surface area contributed by atoms with Crippen molar-refractivity contribution in [1.29, 1.82) is 0 Å². The van der Waals surface area contributed by atoms with Gasteiger partial charge < -0.3 is 14.2 Å². The highest BCUT2D eigenvalue weighted by Crippen LogP contribution is 2.11. The van der Waals surface area contributed by atoms with Gasteiger partial charge in [0.25, 0.3) is 0 Å². The Morgan fingerprint density at radius 3 is 1.33 bits per heavy atom. The number of rotatable bonds is 40. The largest absolute Gasteiger partial charge is 0.462 e. The van der Waals surface area contributed by atoms with Crippen molar-refractivity contribution in [3.05, 3.63) is 134 Å². The van der Waals surface area contributed by atoms with Gasteiger partial charge in [0, 0.05) is 19.3 Å². The van der Waals surface area contributed by atoms with Gasteiger partial charge in [-0.15, -0.1) is 0 Å². The van der Waals surface area contributed by atoms with E-state index in [4.69, 9.17) is 14.2 Å². The average molecular weight is 841 g/mol. The van der Waals surface area contributed by atoms with Crippen molar-refractivity contribution < 1.29 is 28.6 Å². The standard InChI is InChI=1S/C55H84O6/c1-4-7-10-13-16-19-22-25-27-28-31-33-36-39-42-45-48-54(57)60-51-52(50-59-53(56)47-44-41-38-35-32-29-24-21-18-15-12-9-6-3)61-55(58)49-46-43-40-37-34-30-26-23-20-17-14-11-8-5-2/h7,9-10,12,15-16,18-19,21,24-25,27,29-35,38-39,42,52H,4-6,8,11,13-14,17,20,22-23,26,28,36-37,40-41,43-51H2,1-3H3/b10-7+,12-9+,18-15+,19-16+,24-21+,27-25+,32-29+,33-31+,34-30+,38-35+,42-39+. The van der Waals surface area contributed by atoms with E-state index in [1.807, 2.05) is 66.8 Å². The Morgan fingerprint density at radius 1 is 0.361 bits per heavy atom. The summed E-state index contributed by atoms with van der Waals surface area (Å²) < 4.78 is 16.6. The van der Waals surface area contributed by atoms with E-state index in [-0.39, 0.29) is 50.4 Å². The second kappa shape index (κ2) is 48.2. The van der Waals surface area contributed by atoms with Gasteiger partial charge in [0.1, 0.15) is 13.2 Å². The number of carbonyl (C=O) groups is 3. The van der Waals surface area contributed by atoms with E-state index < -0.39 is 6.10 Å². The topological polar surface area (TPSA) is 78.9 Å². The van der Waals surface area contributed by atoms with Gasteiger partial charge in [0.2, 0.25) is 0 Å². The molecule has 6 nitrogen and oxygen atoms in total. The molecule has 0 aliphatic rings.